The Bertz CT molecular complexity index is 326. The Kier molecular flexibility index (Phi) is 3.16. The Labute approximate surface area is 90.7 Å². The van der Waals surface area contributed by atoms with Gasteiger partial charge in [-0.15, -0.1) is 0 Å². The molecule has 82 valence electrons. The van der Waals surface area contributed by atoms with E-state index < -0.39 is 0 Å². The fourth-order valence-corrected chi connectivity index (χ4v) is 2.10. The molecule has 0 saturated carbocycles. The molecule has 2 heterocycles. The summed E-state index contributed by atoms with van der Waals surface area (Å²) in [7, 11) is 2.01. The van der Waals surface area contributed by atoms with Crippen molar-refractivity contribution in [3.63, 3.8) is 0 Å². The quantitative estimate of drug-likeness (QED) is 0.795. The van der Waals surface area contributed by atoms with Crippen molar-refractivity contribution in [3.8, 4) is 0 Å². The van der Waals surface area contributed by atoms with Gasteiger partial charge < -0.3 is 10.2 Å². The molecule has 0 radical (unpaired) electrons. The number of hydrogen-bond donors (Lipinski definition) is 1. The SMILES string of the molecule is CNCC1CCN(c2cncc(C)n2)C1. The first kappa shape index (κ1) is 10.4. The summed E-state index contributed by atoms with van der Waals surface area (Å²) in [6, 6.07) is 0. The first-order chi connectivity index (χ1) is 7.29. The molecule has 1 aliphatic heterocycles. The van der Waals surface area contributed by atoms with E-state index in [0.29, 0.717) is 0 Å². The van der Waals surface area contributed by atoms with Gasteiger partial charge in [-0.3, -0.25) is 4.98 Å². The minimum atomic E-state index is 0.748. The first-order valence-corrected chi connectivity index (χ1v) is 5.48. The zero-order valence-corrected chi connectivity index (χ0v) is 9.40. The van der Waals surface area contributed by atoms with Gasteiger partial charge in [0.2, 0.25) is 0 Å². The fraction of sp³-hybridized carbons (Fsp3) is 0.636. The van der Waals surface area contributed by atoms with Crippen molar-refractivity contribution in [2.24, 2.45) is 5.92 Å². The summed E-state index contributed by atoms with van der Waals surface area (Å²) >= 11 is 0. The monoisotopic (exact) mass is 206 g/mol. The normalized spacial score (nSPS) is 20.9. The Balaban J connectivity index is 2.01. The molecular formula is C11H18N4. The molecule has 0 aromatic carbocycles. The van der Waals surface area contributed by atoms with Gasteiger partial charge in [0.15, 0.2) is 0 Å². The molecule has 2 rings (SSSR count). The third-order valence-corrected chi connectivity index (χ3v) is 2.84. The van der Waals surface area contributed by atoms with E-state index in [4.69, 9.17) is 0 Å². The predicted octanol–water partition coefficient (Wildman–Crippen LogP) is 0.831. The van der Waals surface area contributed by atoms with Crippen molar-refractivity contribution in [1.29, 1.82) is 0 Å². The van der Waals surface area contributed by atoms with Crippen LogP contribution in [0.2, 0.25) is 0 Å². The summed E-state index contributed by atoms with van der Waals surface area (Å²) < 4.78 is 0. The Morgan fingerprint density at radius 3 is 3.13 bits per heavy atom. The van der Waals surface area contributed by atoms with Crippen LogP contribution in [0.3, 0.4) is 0 Å². The minimum absolute atomic E-state index is 0.748. The van der Waals surface area contributed by atoms with Crippen molar-refractivity contribution in [3.05, 3.63) is 18.1 Å². The molecule has 0 spiro atoms. The highest BCUT2D eigenvalue weighted by Gasteiger charge is 2.22. The summed E-state index contributed by atoms with van der Waals surface area (Å²) in [6.07, 6.45) is 4.90. The zero-order chi connectivity index (χ0) is 10.7. The molecule has 4 heteroatoms. The van der Waals surface area contributed by atoms with Crippen LogP contribution in [0.15, 0.2) is 12.4 Å². The van der Waals surface area contributed by atoms with Gasteiger partial charge in [0.1, 0.15) is 5.82 Å². The predicted molar refractivity (Wildman–Crippen MR) is 61.0 cm³/mol. The highest BCUT2D eigenvalue weighted by Crippen LogP contribution is 2.20. The average molecular weight is 206 g/mol. The lowest BCUT2D eigenvalue weighted by Crippen LogP contribution is -2.25. The van der Waals surface area contributed by atoms with E-state index in [2.05, 4.69) is 20.2 Å². The van der Waals surface area contributed by atoms with Gasteiger partial charge >= 0.3 is 0 Å². The summed E-state index contributed by atoms with van der Waals surface area (Å²) in [4.78, 5) is 11.0. The average Bonchev–Trinajstić information content (AvgIpc) is 2.67. The molecule has 1 atom stereocenters. The van der Waals surface area contributed by atoms with Crippen LogP contribution in [-0.4, -0.2) is 36.6 Å². The molecule has 1 fully saturated rings. The standard InChI is InChI=1S/C11H18N4/c1-9-5-13-7-11(14-9)15-4-3-10(8-15)6-12-2/h5,7,10,12H,3-4,6,8H2,1-2H3. The largest absolute Gasteiger partial charge is 0.355 e. The van der Waals surface area contributed by atoms with Crippen LogP contribution in [0.1, 0.15) is 12.1 Å². The lowest BCUT2D eigenvalue weighted by molar-refractivity contribution is 0.549. The summed E-state index contributed by atoms with van der Waals surface area (Å²) in [6.45, 7) is 5.27. The van der Waals surface area contributed by atoms with E-state index in [1.165, 1.54) is 6.42 Å². The molecule has 4 nitrogen and oxygen atoms in total. The lowest BCUT2D eigenvalue weighted by Gasteiger charge is -2.17. The van der Waals surface area contributed by atoms with Gasteiger partial charge in [-0.2, -0.15) is 0 Å². The number of hydrogen-bond acceptors (Lipinski definition) is 4. The van der Waals surface area contributed by atoms with E-state index in [9.17, 15) is 0 Å². The molecule has 1 saturated heterocycles. The van der Waals surface area contributed by atoms with Gasteiger partial charge in [-0.25, -0.2) is 4.98 Å². The van der Waals surface area contributed by atoms with Gasteiger partial charge in [-0.05, 0) is 32.9 Å². The summed E-state index contributed by atoms with van der Waals surface area (Å²) in [5.74, 6) is 1.77. The Morgan fingerprint density at radius 1 is 1.53 bits per heavy atom. The van der Waals surface area contributed by atoms with Crippen LogP contribution in [0.25, 0.3) is 0 Å². The van der Waals surface area contributed by atoms with E-state index >= 15 is 0 Å². The van der Waals surface area contributed by atoms with Crippen molar-refractivity contribution in [2.45, 2.75) is 13.3 Å². The number of anilines is 1. The number of rotatable bonds is 3. The first-order valence-electron chi connectivity index (χ1n) is 5.48. The van der Waals surface area contributed by atoms with E-state index in [-0.39, 0.29) is 0 Å². The van der Waals surface area contributed by atoms with Crippen molar-refractivity contribution in [1.82, 2.24) is 15.3 Å². The van der Waals surface area contributed by atoms with Gasteiger partial charge in [0.25, 0.3) is 0 Å². The molecule has 1 aliphatic rings. The van der Waals surface area contributed by atoms with E-state index in [0.717, 1.165) is 37.1 Å². The molecule has 1 N–H and O–H groups in total. The molecule has 0 amide bonds. The molecule has 15 heavy (non-hydrogen) atoms. The van der Waals surface area contributed by atoms with Crippen molar-refractivity contribution >= 4 is 5.82 Å². The van der Waals surface area contributed by atoms with Gasteiger partial charge in [-0.1, -0.05) is 0 Å². The second kappa shape index (κ2) is 4.57. The van der Waals surface area contributed by atoms with Gasteiger partial charge in [0.05, 0.1) is 11.9 Å². The minimum Gasteiger partial charge on any atom is -0.355 e. The highest BCUT2D eigenvalue weighted by atomic mass is 15.2. The number of aryl methyl sites for hydroxylation is 1. The van der Waals surface area contributed by atoms with Crippen LogP contribution in [-0.2, 0) is 0 Å². The van der Waals surface area contributed by atoms with Gasteiger partial charge in [0, 0.05) is 19.3 Å². The summed E-state index contributed by atoms with van der Waals surface area (Å²) in [5, 5.41) is 3.23. The third kappa shape index (κ3) is 2.45. The maximum absolute atomic E-state index is 4.49. The Hall–Kier alpha value is -1.16. The van der Waals surface area contributed by atoms with Crippen molar-refractivity contribution < 1.29 is 0 Å². The molecular weight excluding hydrogens is 188 g/mol. The molecule has 0 aliphatic carbocycles. The van der Waals surface area contributed by atoms with Crippen molar-refractivity contribution in [2.75, 3.05) is 31.6 Å². The van der Waals surface area contributed by atoms with Crippen LogP contribution in [0.5, 0.6) is 0 Å². The molecule has 1 aromatic heterocycles. The number of aromatic nitrogens is 2. The zero-order valence-electron chi connectivity index (χ0n) is 9.40. The maximum atomic E-state index is 4.49. The summed E-state index contributed by atoms with van der Waals surface area (Å²) in [5.41, 5.74) is 0.990. The Morgan fingerprint density at radius 2 is 2.40 bits per heavy atom. The second-order valence-electron chi connectivity index (χ2n) is 4.18. The lowest BCUT2D eigenvalue weighted by atomic mass is 10.1. The fourth-order valence-electron chi connectivity index (χ4n) is 2.10. The highest BCUT2D eigenvalue weighted by molar-refractivity contribution is 5.37. The second-order valence-corrected chi connectivity index (χ2v) is 4.18. The maximum Gasteiger partial charge on any atom is 0.147 e. The van der Waals surface area contributed by atoms with Crippen LogP contribution >= 0.6 is 0 Å². The van der Waals surface area contributed by atoms with Crippen LogP contribution in [0.4, 0.5) is 5.82 Å². The number of nitrogens with one attached hydrogen (secondary N) is 1. The van der Waals surface area contributed by atoms with E-state index in [1.54, 1.807) is 6.20 Å². The van der Waals surface area contributed by atoms with Crippen LogP contribution < -0.4 is 10.2 Å². The molecule has 0 bridgehead atoms. The topological polar surface area (TPSA) is 41.0 Å². The number of nitrogens with zero attached hydrogens (tertiary/aromatic N) is 3. The van der Waals surface area contributed by atoms with Crippen LogP contribution in [0, 0.1) is 12.8 Å². The molecule has 1 aromatic rings. The van der Waals surface area contributed by atoms with E-state index in [1.807, 2.05) is 20.2 Å². The third-order valence-electron chi connectivity index (χ3n) is 2.84. The smallest absolute Gasteiger partial charge is 0.147 e. The molecule has 1 unspecified atom stereocenters.